The van der Waals surface area contributed by atoms with Crippen LogP contribution in [-0.4, -0.2) is 48.8 Å². The summed E-state index contributed by atoms with van der Waals surface area (Å²) in [5.74, 6) is -4.41. The molecule has 1 heterocycles. The Balaban J connectivity index is 0.00000506. The van der Waals surface area contributed by atoms with E-state index >= 15 is 4.39 Å². The summed E-state index contributed by atoms with van der Waals surface area (Å²) in [6, 6.07) is 13.5. The first-order valence-electron chi connectivity index (χ1n) is 12.8. The van der Waals surface area contributed by atoms with E-state index in [-0.39, 0.29) is 99.7 Å². The molecule has 3 aromatic rings. The molecular weight excluding hydrogens is 696 g/mol. The molecule has 4 rings (SSSR count). The summed E-state index contributed by atoms with van der Waals surface area (Å²) in [5, 5.41) is 14.8. The minimum atomic E-state index is -2.63. The Bertz CT molecular complexity index is 1550. The fourth-order valence-electron chi connectivity index (χ4n) is 4.27. The summed E-state index contributed by atoms with van der Waals surface area (Å²) in [5.41, 5.74) is 0.753. The van der Waals surface area contributed by atoms with Crippen LogP contribution < -0.4 is 15.4 Å². The van der Waals surface area contributed by atoms with Crippen LogP contribution in [0.1, 0.15) is 34.3 Å². The Kier molecular flexibility index (Phi) is 12.1. The summed E-state index contributed by atoms with van der Waals surface area (Å²) in [4.78, 5) is 27.1. The number of carbonyl (C=O) groups excluding carboxylic acids is 2. The van der Waals surface area contributed by atoms with Crippen molar-refractivity contribution in [1.82, 2.24) is 10.2 Å². The largest absolute Gasteiger partial charge is 0.453 e. The van der Waals surface area contributed by atoms with Crippen LogP contribution in [0.15, 0.2) is 53.0 Å². The van der Waals surface area contributed by atoms with Crippen LogP contribution in [0.4, 0.5) is 18.9 Å². The molecule has 43 heavy (non-hydrogen) atoms. The zero-order valence-electron chi connectivity index (χ0n) is 22.4. The highest BCUT2D eigenvalue weighted by Crippen LogP contribution is 2.36. The van der Waals surface area contributed by atoms with E-state index in [1.165, 1.54) is 48.5 Å². The lowest BCUT2D eigenvalue weighted by atomic mass is 10.1. The lowest BCUT2D eigenvalue weighted by molar-refractivity contribution is -0.115. The smallest absolute Gasteiger partial charge is 0.251 e. The number of hydrogen-bond donors (Lipinski definition) is 2. The van der Waals surface area contributed by atoms with Gasteiger partial charge in [-0.3, -0.25) is 9.59 Å². The van der Waals surface area contributed by atoms with Crippen molar-refractivity contribution >= 4 is 69.0 Å². The van der Waals surface area contributed by atoms with Crippen molar-refractivity contribution in [2.45, 2.75) is 25.2 Å². The molecule has 228 valence electrons. The summed E-state index contributed by atoms with van der Waals surface area (Å²) < 4.78 is 47.9. The third-order valence-electron chi connectivity index (χ3n) is 6.51. The maximum absolute atomic E-state index is 15.3. The number of nitrogens with one attached hydrogen (secondary N) is 2. The van der Waals surface area contributed by atoms with E-state index in [1.807, 2.05) is 11.0 Å². The molecular formula is C29H25BrCl3F3N4O3. The van der Waals surface area contributed by atoms with Gasteiger partial charge in [-0.25, -0.2) is 13.2 Å². The number of halogens is 7. The number of nitrogens with zero attached hydrogens (tertiary/aromatic N) is 2. The van der Waals surface area contributed by atoms with E-state index in [2.05, 4.69) is 26.6 Å². The zero-order chi connectivity index (χ0) is 30.4. The molecule has 1 aliphatic heterocycles. The van der Waals surface area contributed by atoms with Crippen molar-refractivity contribution in [2.75, 3.05) is 31.5 Å². The van der Waals surface area contributed by atoms with Crippen molar-refractivity contribution in [3.05, 3.63) is 85.6 Å². The summed E-state index contributed by atoms with van der Waals surface area (Å²) in [6.45, 7) is 1.27. The second-order valence-corrected chi connectivity index (χ2v) is 11.3. The quantitative estimate of drug-likeness (QED) is 0.237. The topological polar surface area (TPSA) is 94.5 Å². The highest BCUT2D eigenvalue weighted by atomic mass is 79.9. The van der Waals surface area contributed by atoms with Gasteiger partial charge in [0.25, 0.3) is 11.8 Å². The fourth-order valence-corrected chi connectivity index (χ4v) is 5.11. The van der Waals surface area contributed by atoms with E-state index in [1.54, 1.807) is 0 Å². The van der Waals surface area contributed by atoms with Crippen LogP contribution in [0.3, 0.4) is 0 Å². The molecule has 0 bridgehead atoms. The molecule has 0 atom stereocenters. The first-order valence-corrected chi connectivity index (χ1v) is 14.3. The van der Waals surface area contributed by atoms with Gasteiger partial charge < -0.3 is 20.3 Å². The third kappa shape index (κ3) is 9.49. The average molecular weight is 721 g/mol. The van der Waals surface area contributed by atoms with E-state index in [0.29, 0.717) is 6.54 Å². The van der Waals surface area contributed by atoms with Crippen molar-refractivity contribution < 1.29 is 27.5 Å². The second kappa shape index (κ2) is 15.1. The Morgan fingerprint density at radius 2 is 1.81 bits per heavy atom. The van der Waals surface area contributed by atoms with E-state index in [9.17, 15) is 18.4 Å². The normalized spacial score (nSPS) is 14.3. The van der Waals surface area contributed by atoms with Crippen LogP contribution in [0, 0.1) is 17.1 Å². The van der Waals surface area contributed by atoms with Gasteiger partial charge in [-0.1, -0.05) is 29.3 Å². The molecule has 0 saturated carbocycles. The van der Waals surface area contributed by atoms with Gasteiger partial charge in [-0.15, -0.1) is 12.4 Å². The molecule has 0 aliphatic carbocycles. The Labute approximate surface area is 270 Å². The van der Waals surface area contributed by atoms with Gasteiger partial charge in [-0.2, -0.15) is 5.26 Å². The van der Waals surface area contributed by atoms with Gasteiger partial charge >= 0.3 is 0 Å². The summed E-state index contributed by atoms with van der Waals surface area (Å²) in [7, 11) is 0. The van der Waals surface area contributed by atoms with Crippen LogP contribution in [0.25, 0.3) is 0 Å². The molecule has 1 saturated heterocycles. The molecule has 0 spiro atoms. The van der Waals surface area contributed by atoms with Gasteiger partial charge in [0, 0.05) is 55.2 Å². The van der Waals surface area contributed by atoms with Gasteiger partial charge in [0.05, 0.1) is 33.2 Å². The predicted molar refractivity (Wildman–Crippen MR) is 164 cm³/mol. The number of hydrogen-bond acceptors (Lipinski definition) is 5. The van der Waals surface area contributed by atoms with Crippen LogP contribution in [0.2, 0.25) is 10.0 Å². The molecule has 3 aromatic carbocycles. The number of benzene rings is 3. The van der Waals surface area contributed by atoms with E-state index < -0.39 is 23.6 Å². The minimum absolute atomic E-state index is 0. The standard InChI is InChI=1S/C29H24BrCl2F3N4O3.ClH/c30-22-3-1-18(26(33)27(22)42-21-12-17(16-36)11-20(31)15-21)14-25(40)38-24-4-2-19(13-23(24)32)28(41)37-7-10-39-8-5-29(34,35)6-9-39;/h1-4,11-13,15H,5-10,14H2,(H,37,41)(H,38,40);1H. The van der Waals surface area contributed by atoms with Gasteiger partial charge in [-0.05, 0) is 58.4 Å². The lowest BCUT2D eigenvalue weighted by Crippen LogP contribution is -2.43. The molecule has 7 nitrogen and oxygen atoms in total. The highest BCUT2D eigenvalue weighted by molar-refractivity contribution is 9.10. The minimum Gasteiger partial charge on any atom is -0.453 e. The molecule has 1 fully saturated rings. The van der Waals surface area contributed by atoms with Crippen molar-refractivity contribution in [3.63, 3.8) is 0 Å². The molecule has 2 N–H and O–H groups in total. The predicted octanol–water partition coefficient (Wildman–Crippen LogP) is 7.62. The second-order valence-electron chi connectivity index (χ2n) is 9.61. The molecule has 2 amide bonds. The Morgan fingerprint density at radius 3 is 2.49 bits per heavy atom. The Morgan fingerprint density at radius 1 is 1.09 bits per heavy atom. The first kappa shape index (κ1) is 34.5. The SMILES string of the molecule is Cl.N#Cc1cc(Cl)cc(Oc2c(Br)ccc(CC(=O)Nc3ccc(C(=O)NCCN4CCC(F)(F)CC4)cc3Cl)c2F)c1. The van der Waals surface area contributed by atoms with Crippen LogP contribution >= 0.6 is 51.5 Å². The number of alkyl halides is 2. The first-order chi connectivity index (χ1) is 19.9. The molecule has 0 radical (unpaired) electrons. The van der Waals surface area contributed by atoms with Crippen LogP contribution in [-0.2, 0) is 11.2 Å². The number of ether oxygens (including phenoxy) is 1. The number of amides is 2. The maximum Gasteiger partial charge on any atom is 0.251 e. The molecule has 0 unspecified atom stereocenters. The summed E-state index contributed by atoms with van der Waals surface area (Å²) >= 11 is 15.5. The van der Waals surface area contributed by atoms with E-state index in [4.69, 9.17) is 33.2 Å². The van der Waals surface area contributed by atoms with Gasteiger partial charge in [0.1, 0.15) is 5.75 Å². The number of anilines is 1. The van der Waals surface area contributed by atoms with Crippen molar-refractivity contribution in [1.29, 1.82) is 5.26 Å². The number of piperidine rings is 1. The number of carbonyl (C=O) groups is 2. The number of rotatable bonds is 9. The monoisotopic (exact) mass is 718 g/mol. The molecule has 0 aromatic heterocycles. The van der Waals surface area contributed by atoms with Gasteiger partial charge in [0.2, 0.25) is 5.91 Å². The fraction of sp³-hybridized carbons (Fsp3) is 0.276. The average Bonchev–Trinajstić information content (AvgIpc) is 2.94. The van der Waals surface area contributed by atoms with Crippen molar-refractivity contribution in [3.8, 4) is 17.6 Å². The molecule has 1 aliphatic rings. The highest BCUT2D eigenvalue weighted by Gasteiger charge is 2.33. The van der Waals surface area contributed by atoms with Gasteiger partial charge in [0.15, 0.2) is 11.6 Å². The van der Waals surface area contributed by atoms with Crippen molar-refractivity contribution in [2.24, 2.45) is 0 Å². The molecule has 14 heteroatoms. The lowest BCUT2D eigenvalue weighted by Gasteiger charge is -2.31. The summed E-state index contributed by atoms with van der Waals surface area (Å²) in [6.07, 6.45) is -0.740. The zero-order valence-corrected chi connectivity index (χ0v) is 26.3. The van der Waals surface area contributed by atoms with E-state index in [0.717, 1.165) is 0 Å². The number of nitriles is 1. The number of likely N-dealkylation sites (tertiary alicyclic amines) is 1. The van der Waals surface area contributed by atoms with Crippen LogP contribution in [0.5, 0.6) is 11.5 Å². The third-order valence-corrected chi connectivity index (χ3v) is 7.66. The maximum atomic E-state index is 15.3. The Hall–Kier alpha value is -3.01.